The maximum Gasteiger partial charge on any atom is 0.202 e. The molecule has 194 valence electrons. The molecule has 0 N–H and O–H groups in total. The van der Waals surface area contributed by atoms with Gasteiger partial charge < -0.3 is 33.6 Å². The van der Waals surface area contributed by atoms with E-state index in [1.165, 1.54) is 5.69 Å². The van der Waals surface area contributed by atoms with Crippen molar-refractivity contribution in [3.05, 3.63) is 24.3 Å². The van der Waals surface area contributed by atoms with Crippen molar-refractivity contribution in [3.63, 3.8) is 0 Å². The fourth-order valence-electron chi connectivity index (χ4n) is 5.22. The summed E-state index contributed by atoms with van der Waals surface area (Å²) in [6.45, 7) is 13.4. The molecule has 5 rings (SSSR count). The number of ether oxygens (including phenoxy) is 4. The smallest absolute Gasteiger partial charge is 0.202 e. The zero-order chi connectivity index (χ0) is 23.9. The van der Waals surface area contributed by atoms with Crippen LogP contribution in [0.3, 0.4) is 0 Å². The van der Waals surface area contributed by atoms with Gasteiger partial charge in [0.25, 0.3) is 0 Å². The second-order valence-electron chi connectivity index (χ2n) is 9.38. The molecule has 0 atom stereocenters. The number of hydrogen-bond acceptors (Lipinski definition) is 8. The predicted molar refractivity (Wildman–Crippen MR) is 135 cm³/mol. The van der Waals surface area contributed by atoms with Crippen molar-refractivity contribution in [2.45, 2.75) is 6.29 Å². The molecule has 4 heterocycles. The van der Waals surface area contributed by atoms with E-state index in [1.807, 2.05) is 0 Å². The summed E-state index contributed by atoms with van der Waals surface area (Å²) in [5.74, 6) is 1.04. The van der Waals surface area contributed by atoms with Crippen LogP contribution in [0.5, 0.6) is 0 Å². The summed E-state index contributed by atoms with van der Waals surface area (Å²) < 4.78 is 22.4. The number of rotatable bonds is 5. The van der Waals surface area contributed by atoms with E-state index in [0.717, 1.165) is 117 Å². The molecule has 0 unspecified atom stereocenters. The standard InChI is InChI=1S/C25H40N6O4/c1-27(25(30-10-18-34-19-11-30)31-12-20-35-21-13-31)23-4-2-22(3-5-23)26-24(28-6-14-32-15-7-28)29-8-16-33-17-9-29/h2-5,25H,6-21H2,1H3. The zero-order valence-electron chi connectivity index (χ0n) is 21.0. The fourth-order valence-corrected chi connectivity index (χ4v) is 5.22. The Kier molecular flexibility index (Phi) is 8.72. The summed E-state index contributed by atoms with van der Waals surface area (Å²) in [7, 11) is 2.20. The molecule has 0 saturated carbocycles. The van der Waals surface area contributed by atoms with Gasteiger partial charge in [-0.2, -0.15) is 0 Å². The Morgan fingerprint density at radius 1 is 0.657 bits per heavy atom. The van der Waals surface area contributed by atoms with Gasteiger partial charge in [0.2, 0.25) is 5.96 Å². The third-order valence-corrected chi connectivity index (χ3v) is 7.16. The van der Waals surface area contributed by atoms with Crippen LogP contribution in [0.4, 0.5) is 11.4 Å². The molecule has 4 aliphatic heterocycles. The van der Waals surface area contributed by atoms with Crippen molar-refractivity contribution in [2.24, 2.45) is 4.99 Å². The molecule has 0 radical (unpaired) electrons. The Morgan fingerprint density at radius 2 is 1.06 bits per heavy atom. The predicted octanol–water partition coefficient (Wildman–Crippen LogP) is 0.723. The second-order valence-corrected chi connectivity index (χ2v) is 9.38. The first-order valence-corrected chi connectivity index (χ1v) is 13.0. The first kappa shape index (κ1) is 24.7. The van der Waals surface area contributed by atoms with Gasteiger partial charge in [0, 0.05) is 65.1 Å². The average molecular weight is 489 g/mol. The first-order chi connectivity index (χ1) is 17.3. The highest BCUT2D eigenvalue weighted by Crippen LogP contribution is 2.25. The molecule has 10 heteroatoms. The van der Waals surface area contributed by atoms with Gasteiger partial charge in [-0.05, 0) is 24.3 Å². The Labute approximate surface area is 208 Å². The van der Waals surface area contributed by atoms with E-state index in [1.54, 1.807) is 0 Å². The SMILES string of the molecule is CN(c1ccc(N=C(N2CCOCC2)N2CCOCC2)cc1)C(N1CCOCC1)N1CCOCC1. The van der Waals surface area contributed by atoms with Crippen LogP contribution >= 0.6 is 0 Å². The lowest BCUT2D eigenvalue weighted by molar-refractivity contribution is -0.0649. The fraction of sp³-hybridized carbons (Fsp3) is 0.720. The van der Waals surface area contributed by atoms with Crippen molar-refractivity contribution in [3.8, 4) is 0 Å². The van der Waals surface area contributed by atoms with Crippen LogP contribution in [0.1, 0.15) is 0 Å². The van der Waals surface area contributed by atoms with Crippen LogP contribution in [-0.4, -0.2) is 144 Å². The summed E-state index contributed by atoms with van der Waals surface area (Å²) in [4.78, 5) is 17.2. The molecular weight excluding hydrogens is 448 g/mol. The van der Waals surface area contributed by atoms with E-state index in [-0.39, 0.29) is 6.29 Å². The molecule has 35 heavy (non-hydrogen) atoms. The van der Waals surface area contributed by atoms with Crippen molar-refractivity contribution >= 4 is 17.3 Å². The lowest BCUT2D eigenvalue weighted by Crippen LogP contribution is -2.62. The third-order valence-electron chi connectivity index (χ3n) is 7.16. The van der Waals surface area contributed by atoms with Gasteiger partial charge in [0.15, 0.2) is 0 Å². The van der Waals surface area contributed by atoms with Gasteiger partial charge in [0.1, 0.15) is 6.29 Å². The van der Waals surface area contributed by atoms with Crippen LogP contribution < -0.4 is 4.90 Å². The second kappa shape index (κ2) is 12.3. The van der Waals surface area contributed by atoms with Crippen LogP contribution in [0.2, 0.25) is 0 Å². The van der Waals surface area contributed by atoms with E-state index in [9.17, 15) is 0 Å². The highest BCUT2D eigenvalue weighted by atomic mass is 16.5. The first-order valence-electron chi connectivity index (χ1n) is 13.0. The van der Waals surface area contributed by atoms with Crippen LogP contribution in [0.15, 0.2) is 29.3 Å². The van der Waals surface area contributed by atoms with Crippen LogP contribution in [-0.2, 0) is 18.9 Å². The molecule has 4 fully saturated rings. The van der Waals surface area contributed by atoms with E-state index >= 15 is 0 Å². The van der Waals surface area contributed by atoms with Gasteiger partial charge in [-0.15, -0.1) is 0 Å². The normalized spacial score (nSPS) is 22.9. The van der Waals surface area contributed by atoms with Gasteiger partial charge >= 0.3 is 0 Å². The average Bonchev–Trinajstić information content (AvgIpc) is 2.94. The molecular formula is C25H40N6O4. The molecule has 4 aliphatic rings. The zero-order valence-corrected chi connectivity index (χ0v) is 21.0. The van der Waals surface area contributed by atoms with Crippen molar-refractivity contribution in [2.75, 3.05) is 117 Å². The number of nitrogens with zero attached hydrogens (tertiary/aromatic N) is 6. The number of anilines is 1. The highest BCUT2D eigenvalue weighted by molar-refractivity contribution is 5.83. The molecule has 10 nitrogen and oxygen atoms in total. The minimum atomic E-state index is 0.189. The van der Waals surface area contributed by atoms with E-state index in [4.69, 9.17) is 23.9 Å². The molecule has 0 amide bonds. The molecule has 4 saturated heterocycles. The summed E-state index contributed by atoms with van der Waals surface area (Å²) in [5, 5.41) is 0. The maximum absolute atomic E-state index is 5.63. The Balaban J connectivity index is 1.34. The molecule has 0 spiro atoms. The lowest BCUT2D eigenvalue weighted by Gasteiger charge is -2.47. The molecule has 1 aromatic rings. The molecule has 0 bridgehead atoms. The number of guanidine groups is 1. The number of morpholine rings is 4. The van der Waals surface area contributed by atoms with Crippen molar-refractivity contribution in [1.82, 2.24) is 19.6 Å². The number of benzene rings is 1. The van der Waals surface area contributed by atoms with Crippen molar-refractivity contribution < 1.29 is 18.9 Å². The molecule has 1 aromatic carbocycles. The minimum absolute atomic E-state index is 0.189. The third kappa shape index (κ3) is 6.25. The largest absolute Gasteiger partial charge is 0.379 e. The van der Waals surface area contributed by atoms with Crippen LogP contribution in [0, 0.1) is 0 Å². The van der Waals surface area contributed by atoms with E-state index in [2.05, 4.69) is 55.8 Å². The maximum atomic E-state index is 5.63. The number of hydrogen-bond donors (Lipinski definition) is 0. The Morgan fingerprint density at radius 3 is 1.49 bits per heavy atom. The molecule has 0 aromatic heterocycles. The quantitative estimate of drug-likeness (QED) is 0.441. The van der Waals surface area contributed by atoms with Crippen LogP contribution in [0.25, 0.3) is 0 Å². The number of aliphatic imine (C=N–C) groups is 1. The monoisotopic (exact) mass is 488 g/mol. The lowest BCUT2D eigenvalue weighted by atomic mass is 10.2. The van der Waals surface area contributed by atoms with E-state index in [0.29, 0.717) is 0 Å². The summed E-state index contributed by atoms with van der Waals surface area (Å²) in [6.07, 6.45) is 0.189. The highest BCUT2D eigenvalue weighted by Gasteiger charge is 2.31. The Hall–Kier alpha value is -1.95. The topological polar surface area (TPSA) is 65.5 Å². The van der Waals surface area contributed by atoms with E-state index < -0.39 is 0 Å². The summed E-state index contributed by atoms with van der Waals surface area (Å²) >= 11 is 0. The summed E-state index contributed by atoms with van der Waals surface area (Å²) in [6, 6.07) is 8.68. The molecule has 0 aliphatic carbocycles. The van der Waals surface area contributed by atoms with Gasteiger partial charge in [0.05, 0.1) is 58.5 Å². The van der Waals surface area contributed by atoms with Gasteiger partial charge in [-0.3, -0.25) is 9.80 Å². The summed E-state index contributed by atoms with van der Waals surface area (Å²) in [5.41, 5.74) is 2.16. The Bertz CT molecular complexity index is 763. The van der Waals surface area contributed by atoms with Gasteiger partial charge in [-0.1, -0.05) is 0 Å². The van der Waals surface area contributed by atoms with Crippen molar-refractivity contribution in [1.29, 1.82) is 0 Å². The van der Waals surface area contributed by atoms with Gasteiger partial charge in [-0.25, -0.2) is 4.99 Å². The minimum Gasteiger partial charge on any atom is -0.379 e.